The van der Waals surface area contributed by atoms with Crippen LogP contribution in [0.3, 0.4) is 0 Å². The third kappa shape index (κ3) is 2.55. The van der Waals surface area contributed by atoms with Gasteiger partial charge in [-0.25, -0.2) is 4.98 Å². The molecule has 2 aromatic rings. The lowest BCUT2D eigenvalue weighted by atomic mass is 10.0. The van der Waals surface area contributed by atoms with Gasteiger partial charge in [0, 0.05) is 24.4 Å². The van der Waals surface area contributed by atoms with Crippen molar-refractivity contribution >= 4 is 23.1 Å². The number of nitrogens with zero attached hydrogens (tertiary/aromatic N) is 2. The Kier molecular flexibility index (Phi) is 3.65. The summed E-state index contributed by atoms with van der Waals surface area (Å²) in [6.45, 7) is 2.11. The molecular weight excluding hydrogens is 314 g/mol. The number of halogens is 1. The first-order chi connectivity index (χ1) is 11.2. The second-order valence-electron chi connectivity index (χ2n) is 5.78. The molecule has 0 amide bonds. The number of nitrogen functional groups attached to an aromatic ring is 1. The van der Waals surface area contributed by atoms with E-state index < -0.39 is 0 Å². The predicted molar refractivity (Wildman–Crippen MR) is 90.4 cm³/mol. The van der Waals surface area contributed by atoms with Crippen molar-refractivity contribution in [3.05, 3.63) is 41.0 Å². The molecule has 1 saturated heterocycles. The highest BCUT2D eigenvalue weighted by molar-refractivity contribution is 6.33. The summed E-state index contributed by atoms with van der Waals surface area (Å²) < 4.78 is 11.6. The molecule has 1 aromatic heterocycles. The Morgan fingerprint density at radius 1 is 1.26 bits per heavy atom. The summed E-state index contributed by atoms with van der Waals surface area (Å²) in [5, 5.41) is 0.619. The van der Waals surface area contributed by atoms with E-state index in [2.05, 4.69) is 16.0 Å². The molecule has 3 heterocycles. The van der Waals surface area contributed by atoms with Crippen LogP contribution in [-0.4, -0.2) is 24.7 Å². The maximum Gasteiger partial charge on any atom is 0.166 e. The average molecular weight is 332 g/mol. The van der Waals surface area contributed by atoms with Gasteiger partial charge in [0.2, 0.25) is 0 Å². The minimum Gasteiger partial charge on any atom is -0.486 e. The third-order valence-corrected chi connectivity index (χ3v) is 4.67. The molecule has 4 rings (SSSR count). The normalized spacial score (nSPS) is 19.9. The van der Waals surface area contributed by atoms with Gasteiger partial charge >= 0.3 is 0 Å². The number of aromatic nitrogens is 1. The fourth-order valence-electron chi connectivity index (χ4n) is 3.40. The molecular formula is C17H18ClN3O2. The smallest absolute Gasteiger partial charge is 0.166 e. The van der Waals surface area contributed by atoms with Crippen molar-refractivity contribution in [3.8, 4) is 11.5 Å². The SMILES string of the molecule is Nc1cc(N2CCCC2c2cccc3c2OCCO3)c(Cl)cn1. The Morgan fingerprint density at radius 3 is 3.04 bits per heavy atom. The lowest BCUT2D eigenvalue weighted by Crippen LogP contribution is -2.25. The van der Waals surface area contributed by atoms with Crippen molar-refractivity contribution in [1.29, 1.82) is 0 Å². The van der Waals surface area contributed by atoms with E-state index in [1.165, 1.54) is 0 Å². The number of hydrogen-bond acceptors (Lipinski definition) is 5. The van der Waals surface area contributed by atoms with Crippen molar-refractivity contribution in [2.75, 3.05) is 30.4 Å². The Morgan fingerprint density at radius 2 is 2.13 bits per heavy atom. The van der Waals surface area contributed by atoms with Crippen molar-refractivity contribution in [1.82, 2.24) is 4.98 Å². The van der Waals surface area contributed by atoms with Gasteiger partial charge in [-0.05, 0) is 18.9 Å². The van der Waals surface area contributed by atoms with Gasteiger partial charge in [-0.2, -0.15) is 0 Å². The zero-order chi connectivity index (χ0) is 15.8. The van der Waals surface area contributed by atoms with E-state index in [-0.39, 0.29) is 6.04 Å². The lowest BCUT2D eigenvalue weighted by molar-refractivity contribution is 0.169. The molecule has 1 unspecified atom stereocenters. The standard InChI is InChI=1S/C17H18ClN3O2/c18-12-10-20-16(19)9-14(12)21-6-2-4-13(21)11-3-1-5-15-17(11)23-8-7-22-15/h1,3,5,9-10,13H,2,4,6-8H2,(H2,19,20). The van der Waals surface area contributed by atoms with Crippen LogP contribution in [-0.2, 0) is 0 Å². The molecule has 2 aliphatic rings. The molecule has 0 radical (unpaired) electrons. The molecule has 1 aromatic carbocycles. The van der Waals surface area contributed by atoms with Crippen LogP contribution in [0.5, 0.6) is 11.5 Å². The monoisotopic (exact) mass is 331 g/mol. The first kappa shape index (κ1) is 14.5. The van der Waals surface area contributed by atoms with E-state index in [1.807, 2.05) is 18.2 Å². The van der Waals surface area contributed by atoms with Gasteiger partial charge in [0.25, 0.3) is 0 Å². The zero-order valence-corrected chi connectivity index (χ0v) is 13.4. The molecule has 1 fully saturated rings. The van der Waals surface area contributed by atoms with Gasteiger partial charge in [0.05, 0.1) is 16.8 Å². The predicted octanol–water partition coefficient (Wildman–Crippen LogP) is 3.43. The number of hydrogen-bond donors (Lipinski definition) is 1. The number of pyridine rings is 1. The van der Waals surface area contributed by atoms with Crippen LogP contribution in [0.2, 0.25) is 5.02 Å². The summed E-state index contributed by atoms with van der Waals surface area (Å²) in [5.41, 5.74) is 7.92. The summed E-state index contributed by atoms with van der Waals surface area (Å²) in [5.74, 6) is 2.15. The van der Waals surface area contributed by atoms with Crippen molar-refractivity contribution in [3.63, 3.8) is 0 Å². The van der Waals surface area contributed by atoms with Gasteiger partial charge in [-0.3, -0.25) is 0 Å². The molecule has 2 N–H and O–H groups in total. The molecule has 0 bridgehead atoms. The van der Waals surface area contributed by atoms with Crippen LogP contribution in [0.1, 0.15) is 24.4 Å². The minimum absolute atomic E-state index is 0.200. The van der Waals surface area contributed by atoms with Crippen molar-refractivity contribution in [2.24, 2.45) is 0 Å². The number of para-hydroxylation sites is 1. The first-order valence-electron chi connectivity index (χ1n) is 7.80. The molecule has 5 nitrogen and oxygen atoms in total. The largest absolute Gasteiger partial charge is 0.486 e. The number of nitrogens with two attached hydrogens (primary N) is 1. The lowest BCUT2D eigenvalue weighted by Gasteiger charge is -2.30. The van der Waals surface area contributed by atoms with Crippen LogP contribution in [0.15, 0.2) is 30.5 Å². The zero-order valence-electron chi connectivity index (χ0n) is 12.7. The van der Waals surface area contributed by atoms with Gasteiger partial charge in [-0.1, -0.05) is 23.7 Å². The summed E-state index contributed by atoms with van der Waals surface area (Å²) in [6, 6.07) is 8.12. The van der Waals surface area contributed by atoms with E-state index >= 15 is 0 Å². The van der Waals surface area contributed by atoms with Crippen molar-refractivity contribution < 1.29 is 9.47 Å². The fourth-order valence-corrected chi connectivity index (χ4v) is 3.61. The molecule has 120 valence electrons. The summed E-state index contributed by atoms with van der Waals surface area (Å²) in [6.07, 6.45) is 3.74. The van der Waals surface area contributed by atoms with Gasteiger partial charge < -0.3 is 20.1 Å². The quantitative estimate of drug-likeness (QED) is 0.913. The summed E-state index contributed by atoms with van der Waals surface area (Å²) >= 11 is 6.36. The van der Waals surface area contributed by atoms with E-state index in [1.54, 1.807) is 6.20 Å². The molecule has 0 spiro atoms. The molecule has 6 heteroatoms. The molecule has 0 saturated carbocycles. The van der Waals surface area contributed by atoms with Gasteiger partial charge in [0.15, 0.2) is 11.5 Å². The highest BCUT2D eigenvalue weighted by Gasteiger charge is 2.31. The van der Waals surface area contributed by atoms with Crippen LogP contribution < -0.4 is 20.1 Å². The Balaban J connectivity index is 1.75. The molecule has 2 aliphatic heterocycles. The maximum absolute atomic E-state index is 6.36. The fraction of sp³-hybridized carbons (Fsp3) is 0.353. The Labute approximate surface area is 140 Å². The molecule has 1 atom stereocenters. The molecule has 0 aliphatic carbocycles. The Bertz CT molecular complexity index is 738. The number of fused-ring (bicyclic) bond motifs is 1. The number of rotatable bonds is 2. The highest BCUT2D eigenvalue weighted by Crippen LogP contribution is 2.45. The van der Waals surface area contributed by atoms with Crippen LogP contribution in [0.25, 0.3) is 0 Å². The second-order valence-corrected chi connectivity index (χ2v) is 6.19. The van der Waals surface area contributed by atoms with Crippen LogP contribution in [0.4, 0.5) is 11.5 Å². The minimum atomic E-state index is 0.200. The van der Waals surface area contributed by atoms with Crippen molar-refractivity contribution in [2.45, 2.75) is 18.9 Å². The first-order valence-corrected chi connectivity index (χ1v) is 8.18. The number of ether oxygens (including phenoxy) is 2. The van der Waals surface area contributed by atoms with E-state index in [9.17, 15) is 0 Å². The van der Waals surface area contributed by atoms with Crippen LogP contribution >= 0.6 is 11.6 Å². The summed E-state index contributed by atoms with van der Waals surface area (Å²) in [4.78, 5) is 6.34. The second kappa shape index (κ2) is 5.81. The Hall–Kier alpha value is -2.14. The van der Waals surface area contributed by atoms with Gasteiger partial charge in [-0.15, -0.1) is 0 Å². The average Bonchev–Trinajstić information content (AvgIpc) is 3.06. The van der Waals surface area contributed by atoms with Gasteiger partial charge in [0.1, 0.15) is 19.0 Å². The summed E-state index contributed by atoms with van der Waals surface area (Å²) in [7, 11) is 0. The van der Waals surface area contributed by atoms with E-state index in [0.29, 0.717) is 24.1 Å². The topological polar surface area (TPSA) is 60.6 Å². The maximum atomic E-state index is 6.36. The number of benzene rings is 1. The van der Waals surface area contributed by atoms with E-state index in [0.717, 1.165) is 42.1 Å². The highest BCUT2D eigenvalue weighted by atomic mass is 35.5. The number of anilines is 2. The third-order valence-electron chi connectivity index (χ3n) is 4.37. The van der Waals surface area contributed by atoms with E-state index in [4.69, 9.17) is 26.8 Å². The van der Waals surface area contributed by atoms with Crippen LogP contribution in [0, 0.1) is 0 Å². The molecule has 23 heavy (non-hydrogen) atoms.